The number of hydrazine groups is 1. The highest BCUT2D eigenvalue weighted by Gasteiger charge is 2.14. The van der Waals surface area contributed by atoms with Crippen molar-refractivity contribution < 1.29 is 4.79 Å². The van der Waals surface area contributed by atoms with Crippen LogP contribution in [0, 0.1) is 13.8 Å². The first-order chi connectivity index (χ1) is 12.0. The Morgan fingerprint density at radius 2 is 1.96 bits per heavy atom. The van der Waals surface area contributed by atoms with Gasteiger partial charge in [0.1, 0.15) is 0 Å². The maximum Gasteiger partial charge on any atom is 0.254 e. The molecule has 1 aromatic carbocycles. The van der Waals surface area contributed by atoms with E-state index in [1.165, 1.54) is 0 Å². The van der Waals surface area contributed by atoms with E-state index in [0.717, 1.165) is 22.6 Å². The summed E-state index contributed by atoms with van der Waals surface area (Å²) < 4.78 is 1.62. The summed E-state index contributed by atoms with van der Waals surface area (Å²) in [6.07, 6.45) is 0.908. The Morgan fingerprint density at radius 1 is 1.24 bits per heavy atom. The van der Waals surface area contributed by atoms with Gasteiger partial charge >= 0.3 is 0 Å². The van der Waals surface area contributed by atoms with Crippen molar-refractivity contribution in [1.29, 1.82) is 0 Å². The van der Waals surface area contributed by atoms with Gasteiger partial charge in [0, 0.05) is 24.9 Å². The number of carbonyl (C=O) groups is 1. The Labute approximate surface area is 145 Å². The van der Waals surface area contributed by atoms with Gasteiger partial charge in [-0.25, -0.2) is 4.98 Å². The first-order valence-electron chi connectivity index (χ1n) is 8.02. The number of amides is 1. The molecule has 3 aromatic rings. The minimum atomic E-state index is -0.0663. The molecule has 3 rings (SSSR count). The Balaban J connectivity index is 1.69. The van der Waals surface area contributed by atoms with Crippen molar-refractivity contribution >= 4 is 23.3 Å². The molecular formula is C17H21N7O. The fourth-order valence-electron chi connectivity index (χ4n) is 2.78. The lowest BCUT2D eigenvalue weighted by molar-refractivity contribution is -0.121. The summed E-state index contributed by atoms with van der Waals surface area (Å²) >= 11 is 0. The third-order valence-corrected chi connectivity index (χ3v) is 4.10. The fourth-order valence-corrected chi connectivity index (χ4v) is 2.78. The van der Waals surface area contributed by atoms with Gasteiger partial charge in [-0.3, -0.25) is 15.2 Å². The highest BCUT2D eigenvalue weighted by molar-refractivity contribution is 5.78. The molecule has 0 saturated heterocycles. The van der Waals surface area contributed by atoms with E-state index in [2.05, 4.69) is 20.5 Å². The van der Waals surface area contributed by atoms with Crippen LogP contribution in [0.25, 0.3) is 5.78 Å². The molecule has 0 atom stereocenters. The standard InChI is InChI=1S/C17H21N7O/c1-11-14(12(2)24-17(19-11)20-16(18)22-24)9-10-15(25)21-23(3)13-7-5-4-6-8-13/h4-8H,9-10H2,1-3H3,(H2,18,22)(H,21,25). The molecule has 0 aliphatic heterocycles. The summed E-state index contributed by atoms with van der Waals surface area (Å²) in [5, 5.41) is 5.85. The van der Waals surface area contributed by atoms with E-state index in [4.69, 9.17) is 5.73 Å². The number of anilines is 2. The number of rotatable bonds is 5. The largest absolute Gasteiger partial charge is 0.366 e. The predicted molar refractivity (Wildman–Crippen MR) is 96.0 cm³/mol. The number of hydrogen-bond acceptors (Lipinski definition) is 6. The lowest BCUT2D eigenvalue weighted by Gasteiger charge is -2.20. The van der Waals surface area contributed by atoms with Crippen LogP contribution in [0.4, 0.5) is 11.6 Å². The zero-order chi connectivity index (χ0) is 18.0. The zero-order valence-electron chi connectivity index (χ0n) is 14.5. The highest BCUT2D eigenvalue weighted by Crippen LogP contribution is 2.16. The molecule has 0 bridgehead atoms. The number of nitrogens with zero attached hydrogens (tertiary/aromatic N) is 5. The minimum absolute atomic E-state index is 0.0663. The molecule has 130 valence electrons. The first-order valence-corrected chi connectivity index (χ1v) is 8.02. The van der Waals surface area contributed by atoms with Crippen LogP contribution in [-0.2, 0) is 11.2 Å². The molecule has 0 unspecified atom stereocenters. The maximum atomic E-state index is 12.3. The Hall–Kier alpha value is -3.16. The Kier molecular flexibility index (Phi) is 4.51. The van der Waals surface area contributed by atoms with E-state index in [1.807, 2.05) is 51.2 Å². The summed E-state index contributed by atoms with van der Waals surface area (Å²) in [5.74, 6) is 0.599. The fraction of sp³-hybridized carbons (Fsp3) is 0.294. The molecule has 2 heterocycles. The maximum absolute atomic E-state index is 12.3. The number of benzene rings is 1. The average molecular weight is 339 g/mol. The van der Waals surface area contributed by atoms with Crippen LogP contribution in [0.1, 0.15) is 23.4 Å². The van der Waals surface area contributed by atoms with Gasteiger partial charge in [0.25, 0.3) is 5.78 Å². The van der Waals surface area contributed by atoms with Crippen molar-refractivity contribution in [1.82, 2.24) is 25.0 Å². The smallest absolute Gasteiger partial charge is 0.254 e. The number of carbonyl (C=O) groups excluding carboxylic acids is 1. The number of aryl methyl sites for hydroxylation is 2. The average Bonchev–Trinajstić information content (AvgIpc) is 2.96. The second-order valence-electron chi connectivity index (χ2n) is 5.87. The lowest BCUT2D eigenvalue weighted by Crippen LogP contribution is -2.39. The third-order valence-electron chi connectivity index (χ3n) is 4.10. The summed E-state index contributed by atoms with van der Waals surface area (Å²) in [5.41, 5.74) is 12.1. The molecule has 1 amide bonds. The van der Waals surface area contributed by atoms with Gasteiger partial charge in [-0.15, -0.1) is 5.10 Å². The summed E-state index contributed by atoms with van der Waals surface area (Å²) in [6, 6.07) is 9.65. The van der Waals surface area contributed by atoms with Gasteiger partial charge in [-0.05, 0) is 38.0 Å². The number of hydrogen-bond donors (Lipinski definition) is 2. The van der Waals surface area contributed by atoms with E-state index in [0.29, 0.717) is 18.6 Å². The first kappa shape index (κ1) is 16.7. The van der Waals surface area contributed by atoms with Crippen molar-refractivity contribution in [3.8, 4) is 0 Å². The normalized spacial score (nSPS) is 10.8. The summed E-state index contributed by atoms with van der Waals surface area (Å²) in [6.45, 7) is 3.83. The monoisotopic (exact) mass is 339 g/mol. The minimum Gasteiger partial charge on any atom is -0.366 e. The number of nitrogens with one attached hydrogen (secondary N) is 1. The predicted octanol–water partition coefficient (Wildman–Crippen LogP) is 1.42. The van der Waals surface area contributed by atoms with Crippen LogP contribution in [0.2, 0.25) is 0 Å². The van der Waals surface area contributed by atoms with Gasteiger partial charge < -0.3 is 5.73 Å². The molecule has 0 fully saturated rings. The number of nitrogens with two attached hydrogens (primary N) is 1. The van der Waals surface area contributed by atoms with Gasteiger partial charge in [0.05, 0.1) is 5.69 Å². The van der Waals surface area contributed by atoms with Crippen molar-refractivity contribution in [2.45, 2.75) is 26.7 Å². The van der Waals surface area contributed by atoms with Crippen LogP contribution >= 0.6 is 0 Å². The second-order valence-corrected chi connectivity index (χ2v) is 5.87. The van der Waals surface area contributed by atoms with Gasteiger partial charge in [-0.1, -0.05) is 18.2 Å². The van der Waals surface area contributed by atoms with E-state index in [1.54, 1.807) is 9.52 Å². The van der Waals surface area contributed by atoms with E-state index in [-0.39, 0.29) is 11.9 Å². The van der Waals surface area contributed by atoms with Gasteiger partial charge in [-0.2, -0.15) is 9.50 Å². The SMILES string of the molecule is Cc1nc2nc(N)nn2c(C)c1CCC(=O)NN(C)c1ccccc1. The van der Waals surface area contributed by atoms with Crippen LogP contribution in [-0.4, -0.2) is 32.5 Å². The molecule has 0 saturated carbocycles. The Morgan fingerprint density at radius 3 is 2.68 bits per heavy atom. The molecule has 0 spiro atoms. The summed E-state index contributed by atoms with van der Waals surface area (Å²) in [7, 11) is 1.82. The summed E-state index contributed by atoms with van der Waals surface area (Å²) in [4.78, 5) is 20.8. The van der Waals surface area contributed by atoms with Crippen LogP contribution in [0.15, 0.2) is 30.3 Å². The van der Waals surface area contributed by atoms with Crippen molar-refractivity contribution in [3.05, 3.63) is 47.3 Å². The second kappa shape index (κ2) is 6.76. The van der Waals surface area contributed by atoms with Crippen molar-refractivity contribution in [2.24, 2.45) is 0 Å². The molecule has 25 heavy (non-hydrogen) atoms. The lowest BCUT2D eigenvalue weighted by atomic mass is 10.1. The van der Waals surface area contributed by atoms with Gasteiger partial charge in [0.15, 0.2) is 0 Å². The number of fused-ring (bicyclic) bond motifs is 1. The number of aromatic nitrogens is 4. The molecule has 8 heteroatoms. The van der Waals surface area contributed by atoms with E-state index < -0.39 is 0 Å². The topological polar surface area (TPSA) is 101 Å². The van der Waals surface area contributed by atoms with E-state index in [9.17, 15) is 4.79 Å². The van der Waals surface area contributed by atoms with Crippen LogP contribution in [0.3, 0.4) is 0 Å². The third kappa shape index (κ3) is 3.52. The molecular weight excluding hydrogens is 318 g/mol. The zero-order valence-corrected chi connectivity index (χ0v) is 14.5. The molecule has 2 aromatic heterocycles. The molecule has 0 radical (unpaired) electrons. The number of para-hydroxylation sites is 1. The molecule has 3 N–H and O–H groups in total. The molecule has 8 nitrogen and oxygen atoms in total. The highest BCUT2D eigenvalue weighted by atomic mass is 16.2. The van der Waals surface area contributed by atoms with Crippen LogP contribution < -0.4 is 16.2 Å². The van der Waals surface area contributed by atoms with Crippen LogP contribution in [0.5, 0.6) is 0 Å². The van der Waals surface area contributed by atoms with Gasteiger partial charge in [0.2, 0.25) is 11.9 Å². The molecule has 0 aliphatic carbocycles. The molecule has 0 aliphatic rings. The van der Waals surface area contributed by atoms with E-state index >= 15 is 0 Å². The Bertz CT molecular complexity index is 904. The van der Waals surface area contributed by atoms with Crippen molar-refractivity contribution in [3.63, 3.8) is 0 Å². The van der Waals surface area contributed by atoms with Crippen molar-refractivity contribution in [2.75, 3.05) is 17.8 Å². The number of nitrogen functional groups attached to an aromatic ring is 1. The quantitative estimate of drug-likeness (QED) is 0.682.